The van der Waals surface area contributed by atoms with E-state index in [1.165, 1.54) is 0 Å². The summed E-state index contributed by atoms with van der Waals surface area (Å²) in [7, 11) is 1.63. The van der Waals surface area contributed by atoms with E-state index in [1.807, 2.05) is 30.3 Å². The molecule has 0 fully saturated rings. The van der Waals surface area contributed by atoms with Crippen molar-refractivity contribution in [3.8, 4) is 23.0 Å². The number of benzene rings is 2. The highest BCUT2D eigenvalue weighted by atomic mass is 16.5. The Labute approximate surface area is 144 Å². The van der Waals surface area contributed by atoms with Gasteiger partial charge in [0.15, 0.2) is 12.4 Å². The minimum absolute atomic E-state index is 0.185. The van der Waals surface area contributed by atoms with Crippen LogP contribution in [0.15, 0.2) is 53.1 Å². The first kappa shape index (κ1) is 16.5. The van der Waals surface area contributed by atoms with Crippen molar-refractivity contribution in [1.29, 1.82) is 0 Å². The molecule has 0 spiro atoms. The van der Waals surface area contributed by atoms with E-state index in [4.69, 9.17) is 19.7 Å². The van der Waals surface area contributed by atoms with Gasteiger partial charge in [-0.3, -0.25) is 4.79 Å². The van der Waals surface area contributed by atoms with Gasteiger partial charge in [0.1, 0.15) is 11.5 Å². The Hall–Kier alpha value is -3.35. The van der Waals surface area contributed by atoms with Crippen molar-refractivity contribution in [2.24, 2.45) is 5.73 Å². The molecule has 1 heterocycles. The van der Waals surface area contributed by atoms with Crippen LogP contribution in [0, 0.1) is 0 Å². The molecule has 0 unspecified atom stereocenters. The number of ether oxygens (including phenoxy) is 2. The lowest BCUT2D eigenvalue weighted by atomic mass is 10.1. The van der Waals surface area contributed by atoms with Crippen LogP contribution >= 0.6 is 0 Å². The van der Waals surface area contributed by atoms with Gasteiger partial charge in [0, 0.05) is 12.0 Å². The van der Waals surface area contributed by atoms with Crippen LogP contribution in [0.5, 0.6) is 11.5 Å². The van der Waals surface area contributed by atoms with Gasteiger partial charge in [-0.2, -0.15) is 4.98 Å². The predicted octanol–water partition coefficient (Wildman–Crippen LogP) is 2.20. The van der Waals surface area contributed by atoms with Crippen molar-refractivity contribution in [3.63, 3.8) is 0 Å². The number of aromatic nitrogens is 2. The highest BCUT2D eigenvalue weighted by molar-refractivity contribution is 5.75. The van der Waals surface area contributed by atoms with Crippen molar-refractivity contribution >= 4 is 5.91 Å². The minimum atomic E-state index is -0.537. The fourth-order valence-corrected chi connectivity index (χ4v) is 2.24. The summed E-state index contributed by atoms with van der Waals surface area (Å²) in [4.78, 5) is 15.2. The number of primary amides is 1. The summed E-state index contributed by atoms with van der Waals surface area (Å²) >= 11 is 0. The molecular formula is C18H17N3O4. The third-order valence-electron chi connectivity index (χ3n) is 3.45. The molecule has 3 rings (SSSR count). The fourth-order valence-electron chi connectivity index (χ4n) is 2.24. The Morgan fingerprint density at radius 1 is 1.16 bits per heavy atom. The van der Waals surface area contributed by atoms with Gasteiger partial charge in [-0.25, -0.2) is 0 Å². The SMILES string of the molecule is COc1ccc(Cc2noc(-c3cccc(OCC(N)=O)c3)n2)cc1. The zero-order chi connectivity index (χ0) is 17.6. The van der Waals surface area contributed by atoms with Crippen LogP contribution in [-0.4, -0.2) is 29.8 Å². The zero-order valence-electron chi connectivity index (χ0n) is 13.6. The molecule has 0 atom stereocenters. The molecule has 0 saturated carbocycles. The number of nitrogens with two attached hydrogens (primary N) is 1. The third kappa shape index (κ3) is 4.35. The second kappa shape index (κ2) is 7.48. The van der Waals surface area contributed by atoms with Gasteiger partial charge in [0.25, 0.3) is 11.8 Å². The Bertz CT molecular complexity index is 859. The maximum Gasteiger partial charge on any atom is 0.258 e. The van der Waals surface area contributed by atoms with E-state index in [1.54, 1.807) is 25.3 Å². The zero-order valence-corrected chi connectivity index (χ0v) is 13.6. The van der Waals surface area contributed by atoms with Gasteiger partial charge in [0.05, 0.1) is 7.11 Å². The maximum atomic E-state index is 10.8. The van der Waals surface area contributed by atoms with Crippen LogP contribution in [0.3, 0.4) is 0 Å². The van der Waals surface area contributed by atoms with Crippen molar-refractivity contribution in [2.45, 2.75) is 6.42 Å². The lowest BCUT2D eigenvalue weighted by Crippen LogP contribution is -2.19. The first-order valence-corrected chi connectivity index (χ1v) is 7.61. The normalized spacial score (nSPS) is 10.4. The first-order chi connectivity index (χ1) is 12.1. The third-order valence-corrected chi connectivity index (χ3v) is 3.45. The summed E-state index contributed by atoms with van der Waals surface area (Å²) in [6.07, 6.45) is 0.547. The number of rotatable bonds is 7. The van der Waals surface area contributed by atoms with E-state index >= 15 is 0 Å². The van der Waals surface area contributed by atoms with E-state index in [-0.39, 0.29) is 6.61 Å². The van der Waals surface area contributed by atoms with Gasteiger partial charge >= 0.3 is 0 Å². The number of hydrogen-bond donors (Lipinski definition) is 1. The van der Waals surface area contributed by atoms with Crippen LogP contribution in [0.1, 0.15) is 11.4 Å². The molecule has 1 aromatic heterocycles. The summed E-state index contributed by atoms with van der Waals surface area (Å²) in [6.45, 7) is -0.185. The quantitative estimate of drug-likeness (QED) is 0.708. The second-order valence-corrected chi connectivity index (χ2v) is 5.32. The number of nitrogens with zero attached hydrogens (tertiary/aromatic N) is 2. The second-order valence-electron chi connectivity index (χ2n) is 5.32. The predicted molar refractivity (Wildman–Crippen MR) is 90.2 cm³/mol. The smallest absolute Gasteiger partial charge is 0.258 e. The lowest BCUT2D eigenvalue weighted by molar-refractivity contribution is -0.119. The summed E-state index contributed by atoms with van der Waals surface area (Å²) in [5, 5.41) is 4.00. The van der Waals surface area contributed by atoms with E-state index in [9.17, 15) is 4.79 Å². The maximum absolute atomic E-state index is 10.8. The molecule has 0 radical (unpaired) electrons. The van der Waals surface area contributed by atoms with Crippen molar-refractivity contribution < 1.29 is 18.8 Å². The standard InChI is InChI=1S/C18H17N3O4/c1-23-14-7-5-12(6-8-14)9-17-20-18(25-21-17)13-3-2-4-15(10-13)24-11-16(19)22/h2-8,10H,9,11H2,1H3,(H2,19,22). The van der Waals surface area contributed by atoms with E-state index in [0.717, 1.165) is 11.3 Å². The molecule has 7 heteroatoms. The Kier molecular flexibility index (Phi) is 4.94. The van der Waals surface area contributed by atoms with Crippen LogP contribution in [0.4, 0.5) is 0 Å². The average Bonchev–Trinajstić information content (AvgIpc) is 3.09. The van der Waals surface area contributed by atoms with E-state index < -0.39 is 5.91 Å². The molecule has 0 aliphatic carbocycles. The Balaban J connectivity index is 1.72. The highest BCUT2D eigenvalue weighted by Gasteiger charge is 2.11. The van der Waals surface area contributed by atoms with Crippen molar-refractivity contribution in [3.05, 3.63) is 59.9 Å². The summed E-state index contributed by atoms with van der Waals surface area (Å²) < 4.78 is 15.7. The Morgan fingerprint density at radius 3 is 2.68 bits per heavy atom. The van der Waals surface area contributed by atoms with Crippen LogP contribution in [0.2, 0.25) is 0 Å². The summed E-state index contributed by atoms with van der Waals surface area (Å²) in [5.74, 6) is 1.72. The molecule has 128 valence electrons. The molecule has 1 amide bonds. The molecule has 3 aromatic rings. The van der Waals surface area contributed by atoms with Crippen LogP contribution in [0.25, 0.3) is 11.5 Å². The molecule has 25 heavy (non-hydrogen) atoms. The van der Waals surface area contributed by atoms with E-state index in [0.29, 0.717) is 29.4 Å². The monoisotopic (exact) mass is 339 g/mol. The van der Waals surface area contributed by atoms with Crippen molar-refractivity contribution in [1.82, 2.24) is 10.1 Å². The number of hydrogen-bond acceptors (Lipinski definition) is 6. The largest absolute Gasteiger partial charge is 0.497 e. The molecule has 7 nitrogen and oxygen atoms in total. The van der Waals surface area contributed by atoms with Gasteiger partial charge in [-0.15, -0.1) is 0 Å². The van der Waals surface area contributed by atoms with E-state index in [2.05, 4.69) is 10.1 Å². The molecule has 0 aliphatic heterocycles. The number of carbonyl (C=O) groups is 1. The molecule has 0 saturated heterocycles. The van der Waals surface area contributed by atoms with Gasteiger partial charge in [0.2, 0.25) is 0 Å². The molecule has 2 aromatic carbocycles. The number of carbonyl (C=O) groups excluding carboxylic acids is 1. The first-order valence-electron chi connectivity index (χ1n) is 7.61. The topological polar surface area (TPSA) is 100 Å². The van der Waals surface area contributed by atoms with Gasteiger partial charge in [-0.05, 0) is 35.9 Å². The van der Waals surface area contributed by atoms with Crippen LogP contribution in [-0.2, 0) is 11.2 Å². The summed E-state index contributed by atoms with van der Waals surface area (Å²) in [6, 6.07) is 14.7. The number of methoxy groups -OCH3 is 1. The molecular weight excluding hydrogens is 322 g/mol. The van der Waals surface area contributed by atoms with Gasteiger partial charge < -0.3 is 19.7 Å². The van der Waals surface area contributed by atoms with Crippen LogP contribution < -0.4 is 15.2 Å². The summed E-state index contributed by atoms with van der Waals surface area (Å²) in [5.41, 5.74) is 6.82. The number of amides is 1. The molecule has 0 aliphatic rings. The average molecular weight is 339 g/mol. The van der Waals surface area contributed by atoms with Crippen molar-refractivity contribution in [2.75, 3.05) is 13.7 Å². The lowest BCUT2D eigenvalue weighted by Gasteiger charge is -2.03. The molecule has 0 bridgehead atoms. The fraction of sp³-hybridized carbons (Fsp3) is 0.167. The molecule has 2 N–H and O–H groups in total. The minimum Gasteiger partial charge on any atom is -0.497 e. The highest BCUT2D eigenvalue weighted by Crippen LogP contribution is 2.23. The van der Waals surface area contributed by atoms with Gasteiger partial charge in [-0.1, -0.05) is 23.4 Å². The Morgan fingerprint density at radius 2 is 1.96 bits per heavy atom.